The molecule has 0 bridgehead atoms. The molecule has 2 aliphatic heterocycles. The van der Waals surface area contributed by atoms with Gasteiger partial charge in [0.15, 0.2) is 11.5 Å². The van der Waals surface area contributed by atoms with E-state index in [4.69, 9.17) is 21.7 Å². The molecule has 2 N–H and O–H groups in total. The maximum absolute atomic E-state index is 12.9. The number of unbranched alkanes of at least 4 members (excludes halogenated alkanes) is 2. The van der Waals surface area contributed by atoms with Crippen LogP contribution >= 0.6 is 24.0 Å². The van der Waals surface area contributed by atoms with Gasteiger partial charge in [0, 0.05) is 18.5 Å². The first kappa shape index (κ1) is 24.7. The topological polar surface area (TPSA) is 97.0 Å². The number of ether oxygens (including phenoxy) is 2. The van der Waals surface area contributed by atoms with Crippen molar-refractivity contribution < 1.29 is 28.2 Å². The summed E-state index contributed by atoms with van der Waals surface area (Å²) in [7, 11) is 0. The summed E-state index contributed by atoms with van der Waals surface area (Å²) in [5, 5.41) is 0. The van der Waals surface area contributed by atoms with Crippen molar-refractivity contribution >= 4 is 52.1 Å². The predicted molar refractivity (Wildman–Crippen MR) is 133 cm³/mol. The fraction of sp³-hybridized carbons (Fsp3) is 0.250. The SMILES string of the molecule is O=C(CCCCCN1C(=O)C(=Cc2ccc3c(c2)OCO3)SC1=S)NNC(=O)c1ccc(F)cc1. The minimum Gasteiger partial charge on any atom is -0.454 e. The van der Waals surface area contributed by atoms with Crippen molar-refractivity contribution in [3.63, 3.8) is 0 Å². The zero-order valence-electron chi connectivity index (χ0n) is 18.5. The smallest absolute Gasteiger partial charge is 0.269 e. The molecule has 4 rings (SSSR count). The third-order valence-corrected chi connectivity index (χ3v) is 6.65. The van der Waals surface area contributed by atoms with Crippen molar-refractivity contribution in [2.24, 2.45) is 0 Å². The number of nitrogens with zero attached hydrogens (tertiary/aromatic N) is 1. The highest BCUT2D eigenvalue weighted by Gasteiger charge is 2.31. The predicted octanol–water partition coefficient (Wildman–Crippen LogP) is 3.78. The molecule has 0 saturated carbocycles. The molecular weight excluding hydrogens is 493 g/mol. The zero-order valence-corrected chi connectivity index (χ0v) is 20.2. The second kappa shape index (κ2) is 11.3. The summed E-state index contributed by atoms with van der Waals surface area (Å²) in [6, 6.07) is 10.5. The molecule has 2 aliphatic rings. The summed E-state index contributed by atoms with van der Waals surface area (Å²) in [6.07, 6.45) is 3.97. The first-order valence-corrected chi connectivity index (χ1v) is 12.1. The number of rotatable bonds is 8. The number of carbonyl (C=O) groups is 3. The number of fused-ring (bicyclic) bond motifs is 1. The van der Waals surface area contributed by atoms with E-state index in [1.54, 1.807) is 17.0 Å². The Morgan fingerprint density at radius 3 is 2.63 bits per heavy atom. The number of hydrogen-bond acceptors (Lipinski definition) is 7. The fourth-order valence-electron chi connectivity index (χ4n) is 3.44. The van der Waals surface area contributed by atoms with Crippen LogP contribution in [0.15, 0.2) is 47.4 Å². The molecule has 0 unspecified atom stereocenters. The average Bonchev–Trinajstić information content (AvgIpc) is 3.42. The van der Waals surface area contributed by atoms with Crippen molar-refractivity contribution in [1.82, 2.24) is 15.8 Å². The van der Waals surface area contributed by atoms with Crippen LogP contribution in [0.4, 0.5) is 4.39 Å². The number of halogens is 1. The van der Waals surface area contributed by atoms with Crippen molar-refractivity contribution in [2.45, 2.75) is 25.7 Å². The van der Waals surface area contributed by atoms with E-state index in [2.05, 4.69) is 10.9 Å². The number of hydrazine groups is 1. The number of benzene rings is 2. The van der Waals surface area contributed by atoms with Crippen LogP contribution in [0.2, 0.25) is 0 Å². The molecule has 2 aromatic carbocycles. The van der Waals surface area contributed by atoms with Gasteiger partial charge in [-0.2, -0.15) is 0 Å². The monoisotopic (exact) mass is 515 g/mol. The molecule has 3 amide bonds. The molecule has 35 heavy (non-hydrogen) atoms. The van der Waals surface area contributed by atoms with Crippen LogP contribution in [0.1, 0.15) is 41.6 Å². The second-order valence-electron chi connectivity index (χ2n) is 7.77. The quantitative estimate of drug-likeness (QED) is 0.239. The molecule has 2 heterocycles. The van der Waals surface area contributed by atoms with Crippen molar-refractivity contribution in [2.75, 3.05) is 13.3 Å². The van der Waals surface area contributed by atoms with Gasteiger partial charge in [-0.3, -0.25) is 30.1 Å². The van der Waals surface area contributed by atoms with Gasteiger partial charge in [0.1, 0.15) is 10.1 Å². The average molecular weight is 516 g/mol. The number of amides is 3. The molecule has 182 valence electrons. The lowest BCUT2D eigenvalue weighted by atomic mass is 10.1. The third kappa shape index (κ3) is 6.37. The highest BCUT2D eigenvalue weighted by atomic mass is 32.2. The van der Waals surface area contributed by atoms with Gasteiger partial charge >= 0.3 is 0 Å². The highest BCUT2D eigenvalue weighted by molar-refractivity contribution is 8.26. The Hall–Kier alpha value is -3.44. The molecule has 0 aliphatic carbocycles. The van der Waals surface area contributed by atoms with Gasteiger partial charge in [0.2, 0.25) is 12.7 Å². The fourth-order valence-corrected chi connectivity index (χ4v) is 4.75. The molecule has 2 aromatic rings. The van der Waals surface area contributed by atoms with Crippen LogP contribution in [0, 0.1) is 5.82 Å². The normalized spacial score (nSPS) is 15.6. The number of nitrogens with one attached hydrogen (secondary N) is 2. The summed E-state index contributed by atoms with van der Waals surface area (Å²) in [6.45, 7) is 0.652. The summed E-state index contributed by atoms with van der Waals surface area (Å²) in [5.41, 5.74) is 5.71. The van der Waals surface area contributed by atoms with Gasteiger partial charge in [-0.05, 0) is 60.9 Å². The van der Waals surface area contributed by atoms with Crippen LogP contribution in [-0.2, 0) is 9.59 Å². The molecule has 1 saturated heterocycles. The van der Waals surface area contributed by atoms with Gasteiger partial charge < -0.3 is 9.47 Å². The Labute approximate surface area is 210 Å². The maximum atomic E-state index is 12.9. The van der Waals surface area contributed by atoms with Gasteiger partial charge in [-0.1, -0.05) is 36.5 Å². The standard InChI is InChI=1S/C24H22FN3O5S2/c25-17-8-6-16(7-9-17)22(30)27-26-21(29)4-2-1-3-11-28-23(31)20(35-24(28)34)13-15-5-10-18-19(12-15)33-14-32-18/h5-10,12-13H,1-4,11,14H2,(H,26,29)(H,27,30). The van der Waals surface area contributed by atoms with Gasteiger partial charge in [-0.15, -0.1) is 0 Å². The summed E-state index contributed by atoms with van der Waals surface area (Å²) >= 11 is 6.63. The van der Waals surface area contributed by atoms with E-state index in [0.29, 0.717) is 46.5 Å². The van der Waals surface area contributed by atoms with Gasteiger partial charge in [0.25, 0.3) is 11.8 Å². The third-order valence-electron chi connectivity index (χ3n) is 5.28. The summed E-state index contributed by atoms with van der Waals surface area (Å²) < 4.78 is 24.1. The lowest BCUT2D eigenvalue weighted by molar-refractivity contribution is -0.123. The van der Waals surface area contributed by atoms with E-state index in [-0.39, 0.29) is 30.6 Å². The Morgan fingerprint density at radius 1 is 1.06 bits per heavy atom. The number of thioether (sulfide) groups is 1. The largest absolute Gasteiger partial charge is 0.454 e. The first-order chi connectivity index (χ1) is 16.9. The molecule has 0 atom stereocenters. The molecule has 11 heteroatoms. The molecule has 8 nitrogen and oxygen atoms in total. The Morgan fingerprint density at radius 2 is 1.83 bits per heavy atom. The Balaban J connectivity index is 1.16. The van der Waals surface area contributed by atoms with Crippen LogP contribution < -0.4 is 20.3 Å². The van der Waals surface area contributed by atoms with E-state index in [1.807, 2.05) is 12.1 Å². The molecule has 0 radical (unpaired) electrons. The first-order valence-electron chi connectivity index (χ1n) is 10.9. The number of thiocarbonyl (C=S) groups is 1. The number of carbonyl (C=O) groups excluding carboxylic acids is 3. The van der Waals surface area contributed by atoms with Crippen LogP contribution in [0.5, 0.6) is 11.5 Å². The van der Waals surface area contributed by atoms with E-state index in [0.717, 1.165) is 5.56 Å². The van der Waals surface area contributed by atoms with Gasteiger partial charge in [0.05, 0.1) is 4.91 Å². The van der Waals surface area contributed by atoms with Crippen molar-refractivity contribution in [3.8, 4) is 11.5 Å². The number of hydrogen-bond donors (Lipinski definition) is 2. The lowest BCUT2D eigenvalue weighted by Crippen LogP contribution is -2.41. The van der Waals surface area contributed by atoms with Gasteiger partial charge in [-0.25, -0.2) is 4.39 Å². The molecular formula is C24H22FN3O5S2. The Bertz CT molecular complexity index is 1190. The molecule has 0 spiro atoms. The minimum atomic E-state index is -0.526. The second-order valence-corrected chi connectivity index (χ2v) is 9.44. The van der Waals surface area contributed by atoms with E-state index in [1.165, 1.54) is 36.0 Å². The van der Waals surface area contributed by atoms with E-state index in [9.17, 15) is 18.8 Å². The van der Waals surface area contributed by atoms with Crippen molar-refractivity contribution in [1.29, 1.82) is 0 Å². The van der Waals surface area contributed by atoms with E-state index < -0.39 is 11.7 Å². The Kier molecular flexibility index (Phi) is 7.98. The summed E-state index contributed by atoms with van der Waals surface area (Å²) in [4.78, 5) is 38.8. The summed E-state index contributed by atoms with van der Waals surface area (Å²) in [5.74, 6) is -0.123. The van der Waals surface area contributed by atoms with Crippen LogP contribution in [-0.4, -0.2) is 40.3 Å². The molecule has 1 fully saturated rings. The maximum Gasteiger partial charge on any atom is 0.269 e. The van der Waals surface area contributed by atoms with Crippen molar-refractivity contribution in [3.05, 3.63) is 64.3 Å². The zero-order chi connectivity index (χ0) is 24.8. The van der Waals surface area contributed by atoms with Crippen LogP contribution in [0.3, 0.4) is 0 Å². The lowest BCUT2D eigenvalue weighted by Gasteiger charge is -2.14. The highest BCUT2D eigenvalue weighted by Crippen LogP contribution is 2.36. The van der Waals surface area contributed by atoms with E-state index >= 15 is 0 Å². The minimum absolute atomic E-state index is 0.140. The molecule has 0 aromatic heterocycles. The van der Waals surface area contributed by atoms with Crippen LogP contribution in [0.25, 0.3) is 6.08 Å².